The highest BCUT2D eigenvalue weighted by Gasteiger charge is 2.15. The molecule has 0 saturated carbocycles. The molecule has 1 aromatic carbocycles. The Morgan fingerprint density at radius 2 is 2.20 bits per heavy atom. The zero-order chi connectivity index (χ0) is 13.9. The third-order valence-corrected chi connectivity index (χ3v) is 4.09. The first kappa shape index (κ1) is 13.7. The Labute approximate surface area is 120 Å². The molecule has 2 heterocycles. The number of para-hydroxylation sites is 1. The predicted molar refractivity (Wildman–Crippen MR) is 83.0 cm³/mol. The maximum Gasteiger partial charge on any atom is 0.0700 e. The van der Waals surface area contributed by atoms with Crippen LogP contribution in [0.15, 0.2) is 30.5 Å². The van der Waals surface area contributed by atoms with Crippen LogP contribution in [0.25, 0.3) is 10.9 Å². The van der Waals surface area contributed by atoms with Crippen molar-refractivity contribution in [3.8, 4) is 0 Å². The maximum atomic E-state index is 5.65. The Bertz CT molecular complexity index is 567. The lowest BCUT2D eigenvalue weighted by atomic mass is 10.1. The quantitative estimate of drug-likeness (QED) is 0.901. The van der Waals surface area contributed by atoms with Gasteiger partial charge in [-0.1, -0.05) is 18.2 Å². The summed E-state index contributed by atoms with van der Waals surface area (Å²) in [5, 5.41) is 4.91. The van der Waals surface area contributed by atoms with Crippen molar-refractivity contribution in [1.82, 2.24) is 9.88 Å². The lowest BCUT2D eigenvalue weighted by Crippen LogP contribution is -2.25. The number of nitrogens with one attached hydrogen (secondary N) is 1. The summed E-state index contributed by atoms with van der Waals surface area (Å²) in [6.45, 7) is 7.27. The van der Waals surface area contributed by atoms with Gasteiger partial charge in [-0.3, -0.25) is 0 Å². The third kappa shape index (κ3) is 2.74. The fourth-order valence-corrected chi connectivity index (χ4v) is 3.02. The smallest absolute Gasteiger partial charge is 0.0700 e. The van der Waals surface area contributed by atoms with Crippen LogP contribution in [0, 0.1) is 0 Å². The summed E-state index contributed by atoms with van der Waals surface area (Å²) in [7, 11) is 0. The predicted octanol–water partition coefficient (Wildman–Crippen LogP) is 3.49. The number of rotatable bonds is 5. The number of hydrogen-bond acceptors (Lipinski definition) is 2. The summed E-state index contributed by atoms with van der Waals surface area (Å²) < 4.78 is 8.01. The Kier molecular flexibility index (Phi) is 4.08. The fraction of sp³-hybridized carbons (Fsp3) is 0.529. The molecule has 0 amide bonds. The Morgan fingerprint density at radius 1 is 1.35 bits per heavy atom. The van der Waals surface area contributed by atoms with Gasteiger partial charge in [0.2, 0.25) is 0 Å². The van der Waals surface area contributed by atoms with Crippen LogP contribution in [0.1, 0.15) is 38.3 Å². The van der Waals surface area contributed by atoms with E-state index < -0.39 is 0 Å². The highest BCUT2D eigenvalue weighted by atomic mass is 16.5. The molecule has 1 N–H and O–H groups in total. The minimum atomic E-state index is 0.411. The highest BCUT2D eigenvalue weighted by molar-refractivity contribution is 5.84. The number of ether oxygens (including phenoxy) is 1. The Morgan fingerprint density at radius 3 is 2.95 bits per heavy atom. The molecule has 0 radical (unpaired) electrons. The van der Waals surface area contributed by atoms with E-state index >= 15 is 0 Å². The van der Waals surface area contributed by atoms with Gasteiger partial charge in [-0.25, -0.2) is 0 Å². The first-order valence-electron chi connectivity index (χ1n) is 7.66. The molecule has 1 saturated heterocycles. The van der Waals surface area contributed by atoms with E-state index in [1.165, 1.54) is 29.3 Å². The van der Waals surface area contributed by atoms with E-state index in [-0.39, 0.29) is 0 Å². The van der Waals surface area contributed by atoms with Crippen LogP contribution in [0.3, 0.4) is 0 Å². The van der Waals surface area contributed by atoms with Gasteiger partial charge in [0.05, 0.1) is 6.10 Å². The molecular formula is C17H24N2O. The van der Waals surface area contributed by atoms with E-state index in [1.807, 2.05) is 0 Å². The van der Waals surface area contributed by atoms with Crippen LogP contribution < -0.4 is 5.32 Å². The molecular weight excluding hydrogens is 248 g/mol. The summed E-state index contributed by atoms with van der Waals surface area (Å²) in [6.07, 6.45) is 5.10. The number of fused-ring (bicyclic) bond motifs is 1. The number of hydrogen-bond donors (Lipinski definition) is 1. The lowest BCUT2D eigenvalue weighted by molar-refractivity contribution is 0.110. The van der Waals surface area contributed by atoms with Gasteiger partial charge in [0, 0.05) is 42.8 Å². The van der Waals surface area contributed by atoms with Crippen LogP contribution >= 0.6 is 0 Å². The molecule has 1 aromatic heterocycles. The minimum absolute atomic E-state index is 0.411. The molecule has 20 heavy (non-hydrogen) atoms. The topological polar surface area (TPSA) is 26.2 Å². The summed E-state index contributed by atoms with van der Waals surface area (Å²) in [5.74, 6) is 0. The van der Waals surface area contributed by atoms with E-state index in [0.717, 1.165) is 19.7 Å². The third-order valence-electron chi connectivity index (χ3n) is 4.09. The van der Waals surface area contributed by atoms with Crippen LogP contribution in [0.4, 0.5) is 0 Å². The van der Waals surface area contributed by atoms with Crippen molar-refractivity contribution in [1.29, 1.82) is 0 Å². The zero-order valence-electron chi connectivity index (χ0n) is 12.4. The van der Waals surface area contributed by atoms with Gasteiger partial charge in [-0.05, 0) is 38.3 Å². The molecule has 1 atom stereocenters. The SMILES string of the molecule is CC(C)n1cc(CNCC2CCCO2)c2ccccc21. The van der Waals surface area contributed by atoms with Crippen molar-refractivity contribution < 1.29 is 4.74 Å². The average Bonchev–Trinajstić information content (AvgIpc) is 3.07. The van der Waals surface area contributed by atoms with Gasteiger partial charge in [-0.2, -0.15) is 0 Å². The minimum Gasteiger partial charge on any atom is -0.377 e. The molecule has 3 nitrogen and oxygen atoms in total. The summed E-state index contributed by atoms with van der Waals surface area (Å²) in [4.78, 5) is 0. The fourth-order valence-electron chi connectivity index (χ4n) is 3.02. The van der Waals surface area contributed by atoms with E-state index in [2.05, 4.69) is 54.2 Å². The second kappa shape index (κ2) is 5.98. The van der Waals surface area contributed by atoms with Crippen LogP contribution in [-0.4, -0.2) is 23.8 Å². The molecule has 1 fully saturated rings. The average molecular weight is 272 g/mol. The van der Waals surface area contributed by atoms with Crippen LogP contribution in [-0.2, 0) is 11.3 Å². The van der Waals surface area contributed by atoms with Crippen molar-refractivity contribution >= 4 is 10.9 Å². The zero-order valence-corrected chi connectivity index (χ0v) is 12.4. The molecule has 2 aromatic rings. The molecule has 1 aliphatic heterocycles. The standard InChI is InChI=1S/C17H24N2O/c1-13(2)19-12-14(16-7-3-4-8-17(16)19)10-18-11-15-6-5-9-20-15/h3-4,7-8,12-13,15,18H,5-6,9-11H2,1-2H3. The van der Waals surface area contributed by atoms with Gasteiger partial charge < -0.3 is 14.6 Å². The molecule has 0 aliphatic carbocycles. The molecule has 3 rings (SSSR count). The lowest BCUT2D eigenvalue weighted by Gasteiger charge is -2.10. The summed E-state index contributed by atoms with van der Waals surface area (Å²) in [6, 6.07) is 9.16. The molecule has 1 unspecified atom stereocenters. The first-order valence-corrected chi connectivity index (χ1v) is 7.66. The van der Waals surface area contributed by atoms with Gasteiger partial charge in [0.15, 0.2) is 0 Å². The molecule has 3 heteroatoms. The molecule has 1 aliphatic rings. The Balaban J connectivity index is 1.73. The normalized spacial score (nSPS) is 19.2. The molecule has 0 spiro atoms. The van der Waals surface area contributed by atoms with E-state index in [1.54, 1.807) is 0 Å². The number of aromatic nitrogens is 1. The summed E-state index contributed by atoms with van der Waals surface area (Å²) in [5.41, 5.74) is 2.71. The highest BCUT2D eigenvalue weighted by Crippen LogP contribution is 2.24. The van der Waals surface area contributed by atoms with Crippen molar-refractivity contribution in [2.45, 2.75) is 45.4 Å². The first-order chi connectivity index (χ1) is 9.75. The second-order valence-corrected chi connectivity index (χ2v) is 5.94. The van der Waals surface area contributed by atoms with Crippen LogP contribution in [0.5, 0.6) is 0 Å². The van der Waals surface area contributed by atoms with Crippen molar-refractivity contribution in [2.75, 3.05) is 13.2 Å². The van der Waals surface area contributed by atoms with E-state index in [4.69, 9.17) is 4.74 Å². The van der Waals surface area contributed by atoms with E-state index in [0.29, 0.717) is 12.1 Å². The van der Waals surface area contributed by atoms with Crippen molar-refractivity contribution in [3.05, 3.63) is 36.0 Å². The largest absolute Gasteiger partial charge is 0.377 e. The van der Waals surface area contributed by atoms with Gasteiger partial charge in [0.1, 0.15) is 0 Å². The van der Waals surface area contributed by atoms with Crippen molar-refractivity contribution in [3.63, 3.8) is 0 Å². The number of nitrogens with zero attached hydrogens (tertiary/aromatic N) is 1. The van der Waals surface area contributed by atoms with Gasteiger partial charge >= 0.3 is 0 Å². The maximum absolute atomic E-state index is 5.65. The monoisotopic (exact) mass is 272 g/mol. The van der Waals surface area contributed by atoms with Crippen molar-refractivity contribution in [2.24, 2.45) is 0 Å². The summed E-state index contributed by atoms with van der Waals surface area (Å²) >= 11 is 0. The molecule has 108 valence electrons. The van der Waals surface area contributed by atoms with Crippen LogP contribution in [0.2, 0.25) is 0 Å². The Hall–Kier alpha value is -1.32. The van der Waals surface area contributed by atoms with Gasteiger partial charge in [-0.15, -0.1) is 0 Å². The number of benzene rings is 1. The molecule has 0 bridgehead atoms. The second-order valence-electron chi connectivity index (χ2n) is 5.94. The van der Waals surface area contributed by atoms with Gasteiger partial charge in [0.25, 0.3) is 0 Å². The van der Waals surface area contributed by atoms with E-state index in [9.17, 15) is 0 Å².